The zero-order valence-corrected chi connectivity index (χ0v) is 13.6. The Kier molecular flexibility index (Phi) is 4.12. The van der Waals surface area contributed by atoms with Crippen LogP contribution in [-0.4, -0.2) is 35.3 Å². The Morgan fingerprint density at radius 3 is 2.74 bits per heavy atom. The Morgan fingerprint density at radius 2 is 1.96 bits per heavy atom. The van der Waals surface area contributed by atoms with Gasteiger partial charge in [0.25, 0.3) is 0 Å². The second-order valence-corrected chi connectivity index (χ2v) is 5.84. The van der Waals surface area contributed by atoms with Crippen LogP contribution in [-0.2, 0) is 0 Å². The van der Waals surface area contributed by atoms with Gasteiger partial charge < -0.3 is 10.6 Å². The highest BCUT2D eigenvalue weighted by molar-refractivity contribution is 6.31. The van der Waals surface area contributed by atoms with E-state index < -0.39 is 0 Å². The van der Waals surface area contributed by atoms with Crippen molar-refractivity contribution in [3.05, 3.63) is 47.6 Å². The van der Waals surface area contributed by atoms with Crippen LogP contribution < -0.4 is 5.73 Å². The van der Waals surface area contributed by atoms with Gasteiger partial charge >= 0.3 is 0 Å². The minimum atomic E-state index is 0.272. The summed E-state index contributed by atoms with van der Waals surface area (Å²) in [6.45, 7) is 0. The minimum Gasteiger partial charge on any atom is -0.369 e. The van der Waals surface area contributed by atoms with Crippen LogP contribution in [0.5, 0.6) is 0 Å². The van der Waals surface area contributed by atoms with Crippen LogP contribution in [0, 0.1) is 0 Å². The van der Waals surface area contributed by atoms with Crippen molar-refractivity contribution in [3.8, 4) is 11.1 Å². The van der Waals surface area contributed by atoms with Crippen molar-refractivity contribution >= 4 is 40.5 Å². The molecule has 23 heavy (non-hydrogen) atoms. The molecule has 3 aromatic rings. The maximum Gasteiger partial charge on any atom is 0.220 e. The first kappa shape index (κ1) is 15.2. The molecular formula is C17H16ClN5. The molecule has 0 aliphatic rings. The first-order chi connectivity index (χ1) is 11.0. The summed E-state index contributed by atoms with van der Waals surface area (Å²) in [6, 6.07) is 11.7. The maximum absolute atomic E-state index is 6.23. The minimum absolute atomic E-state index is 0.272. The third-order valence-corrected chi connectivity index (χ3v) is 3.47. The highest BCUT2D eigenvalue weighted by Gasteiger charge is 2.05. The summed E-state index contributed by atoms with van der Waals surface area (Å²) in [5.41, 5.74) is 9.24. The molecule has 1 heterocycles. The summed E-state index contributed by atoms with van der Waals surface area (Å²) >= 11 is 6.23. The third-order valence-electron chi connectivity index (χ3n) is 3.25. The van der Waals surface area contributed by atoms with E-state index in [2.05, 4.69) is 15.0 Å². The zero-order valence-electron chi connectivity index (χ0n) is 12.9. The largest absolute Gasteiger partial charge is 0.369 e. The maximum atomic E-state index is 6.23. The molecule has 0 saturated heterocycles. The number of nitrogen functional groups attached to an aromatic ring is 1. The molecule has 2 N–H and O–H groups in total. The van der Waals surface area contributed by atoms with Gasteiger partial charge in [-0.1, -0.05) is 17.7 Å². The number of anilines is 1. The fourth-order valence-electron chi connectivity index (χ4n) is 2.22. The van der Waals surface area contributed by atoms with E-state index in [0.717, 1.165) is 27.7 Å². The second kappa shape index (κ2) is 6.22. The number of fused-ring (bicyclic) bond motifs is 1. The van der Waals surface area contributed by atoms with Gasteiger partial charge in [-0.3, -0.25) is 0 Å². The molecule has 2 aromatic carbocycles. The van der Waals surface area contributed by atoms with Gasteiger partial charge in [0.15, 0.2) is 0 Å². The highest BCUT2D eigenvalue weighted by Crippen LogP contribution is 2.30. The Balaban J connectivity index is 2.05. The van der Waals surface area contributed by atoms with Crippen LogP contribution in [0.4, 0.5) is 11.6 Å². The molecule has 0 saturated carbocycles. The molecule has 0 aliphatic carbocycles. The van der Waals surface area contributed by atoms with Gasteiger partial charge in [-0.05, 0) is 41.5 Å². The smallest absolute Gasteiger partial charge is 0.220 e. The van der Waals surface area contributed by atoms with Crippen LogP contribution in [0.3, 0.4) is 0 Å². The number of benzene rings is 2. The summed E-state index contributed by atoms with van der Waals surface area (Å²) in [5, 5.41) is 1.57. The van der Waals surface area contributed by atoms with Crippen molar-refractivity contribution in [1.29, 1.82) is 0 Å². The lowest BCUT2D eigenvalue weighted by atomic mass is 10.0. The molecule has 0 atom stereocenters. The van der Waals surface area contributed by atoms with E-state index in [1.54, 1.807) is 12.5 Å². The molecule has 0 fully saturated rings. The third kappa shape index (κ3) is 3.57. The number of aliphatic imine (C=N–C) groups is 1. The van der Waals surface area contributed by atoms with Gasteiger partial charge in [-0.2, -0.15) is 0 Å². The standard InChI is InChI=1S/C17H16ClN5/c1-23(2)10-21-15-7-12(6-14(18)8-15)11-3-4-16-13(5-11)9-20-17(19)22-16/h3-10H,1-2H3,(H2,19,20,22)/b21-10+. The van der Waals surface area contributed by atoms with Crippen molar-refractivity contribution in [1.82, 2.24) is 14.9 Å². The van der Waals surface area contributed by atoms with Crippen molar-refractivity contribution < 1.29 is 0 Å². The van der Waals surface area contributed by atoms with Crippen molar-refractivity contribution in [3.63, 3.8) is 0 Å². The van der Waals surface area contributed by atoms with Gasteiger partial charge in [0, 0.05) is 30.7 Å². The molecule has 116 valence electrons. The van der Waals surface area contributed by atoms with Crippen LogP contribution >= 0.6 is 11.6 Å². The van der Waals surface area contributed by atoms with E-state index in [-0.39, 0.29) is 5.95 Å². The fraction of sp³-hybridized carbons (Fsp3) is 0.118. The van der Waals surface area contributed by atoms with E-state index in [9.17, 15) is 0 Å². The van der Waals surface area contributed by atoms with E-state index in [0.29, 0.717) is 5.02 Å². The molecule has 0 bridgehead atoms. The quantitative estimate of drug-likeness (QED) is 0.588. The lowest BCUT2D eigenvalue weighted by Gasteiger charge is -2.07. The summed E-state index contributed by atoms with van der Waals surface area (Å²) in [4.78, 5) is 14.5. The monoisotopic (exact) mass is 325 g/mol. The van der Waals surface area contributed by atoms with E-state index in [1.807, 2.05) is 55.4 Å². The van der Waals surface area contributed by atoms with Gasteiger partial charge in [-0.25, -0.2) is 15.0 Å². The van der Waals surface area contributed by atoms with E-state index in [4.69, 9.17) is 17.3 Å². The topological polar surface area (TPSA) is 67.4 Å². The molecule has 0 aliphatic heterocycles. The Labute approximate surface area is 139 Å². The summed E-state index contributed by atoms with van der Waals surface area (Å²) in [7, 11) is 3.84. The molecule has 3 rings (SSSR count). The van der Waals surface area contributed by atoms with Gasteiger partial charge in [0.05, 0.1) is 17.5 Å². The lowest BCUT2D eigenvalue weighted by molar-refractivity contribution is 0.643. The molecule has 0 spiro atoms. The molecule has 0 radical (unpaired) electrons. The summed E-state index contributed by atoms with van der Waals surface area (Å²) in [5.74, 6) is 0.272. The number of hydrogen-bond donors (Lipinski definition) is 1. The Bertz CT molecular complexity index is 889. The van der Waals surface area contributed by atoms with Crippen molar-refractivity contribution in [2.45, 2.75) is 0 Å². The Hall–Kier alpha value is -2.66. The average Bonchev–Trinajstić information content (AvgIpc) is 2.52. The Morgan fingerprint density at radius 1 is 1.13 bits per heavy atom. The van der Waals surface area contributed by atoms with E-state index >= 15 is 0 Å². The predicted molar refractivity (Wildman–Crippen MR) is 96.2 cm³/mol. The van der Waals surface area contributed by atoms with E-state index in [1.165, 1.54) is 0 Å². The average molecular weight is 326 g/mol. The van der Waals surface area contributed by atoms with Crippen LogP contribution in [0.15, 0.2) is 47.6 Å². The predicted octanol–water partition coefficient (Wildman–Crippen LogP) is 3.75. The summed E-state index contributed by atoms with van der Waals surface area (Å²) < 4.78 is 0. The molecule has 1 aromatic heterocycles. The van der Waals surface area contributed by atoms with Gasteiger partial charge in [0.2, 0.25) is 5.95 Å². The van der Waals surface area contributed by atoms with Gasteiger partial charge in [-0.15, -0.1) is 0 Å². The molecule has 0 amide bonds. The fourth-order valence-corrected chi connectivity index (χ4v) is 2.45. The second-order valence-electron chi connectivity index (χ2n) is 5.41. The molecule has 6 heteroatoms. The summed E-state index contributed by atoms with van der Waals surface area (Å²) in [6.07, 6.45) is 3.46. The number of nitrogens with two attached hydrogens (primary N) is 1. The van der Waals surface area contributed by atoms with Gasteiger partial charge in [0.1, 0.15) is 0 Å². The first-order valence-electron chi connectivity index (χ1n) is 7.05. The number of halogens is 1. The zero-order chi connectivity index (χ0) is 16.4. The number of rotatable bonds is 3. The first-order valence-corrected chi connectivity index (χ1v) is 7.43. The molecule has 0 unspecified atom stereocenters. The highest BCUT2D eigenvalue weighted by atomic mass is 35.5. The number of nitrogens with zero attached hydrogens (tertiary/aromatic N) is 4. The SMILES string of the molecule is CN(C)/C=N/c1cc(Cl)cc(-c2ccc3nc(N)ncc3c2)c1. The normalized spacial score (nSPS) is 11.3. The van der Waals surface area contributed by atoms with Crippen LogP contribution in [0.1, 0.15) is 0 Å². The van der Waals surface area contributed by atoms with Crippen LogP contribution in [0.2, 0.25) is 5.02 Å². The molecular weight excluding hydrogens is 310 g/mol. The number of aromatic nitrogens is 2. The lowest BCUT2D eigenvalue weighted by Crippen LogP contribution is -2.06. The number of hydrogen-bond acceptors (Lipinski definition) is 4. The van der Waals surface area contributed by atoms with Crippen molar-refractivity contribution in [2.75, 3.05) is 19.8 Å². The van der Waals surface area contributed by atoms with Crippen LogP contribution in [0.25, 0.3) is 22.0 Å². The van der Waals surface area contributed by atoms with Crippen molar-refractivity contribution in [2.24, 2.45) is 4.99 Å². The molecule has 5 nitrogen and oxygen atoms in total.